The molecule has 3 aromatic rings. The Kier molecular flexibility index (Phi) is 5.39. The number of aromatic nitrogens is 4. The number of hydrogen-bond acceptors (Lipinski definition) is 5. The molecule has 0 saturated carbocycles. The van der Waals surface area contributed by atoms with Crippen LogP contribution in [0.15, 0.2) is 48.8 Å². The number of hydrogen-bond donors (Lipinski definition) is 1. The summed E-state index contributed by atoms with van der Waals surface area (Å²) in [6.45, 7) is 3.25. The van der Waals surface area contributed by atoms with Crippen molar-refractivity contribution in [3.8, 4) is 0 Å². The average Bonchev–Trinajstić information content (AvgIpc) is 3.37. The van der Waals surface area contributed by atoms with Crippen LogP contribution in [0.1, 0.15) is 30.9 Å². The molecule has 27 heavy (non-hydrogen) atoms. The summed E-state index contributed by atoms with van der Waals surface area (Å²) in [7, 11) is 0. The van der Waals surface area contributed by atoms with Gasteiger partial charge in [-0.25, -0.2) is 4.68 Å². The number of nitrogens with zero attached hydrogens (tertiary/aromatic N) is 5. The molecule has 1 saturated heterocycles. The molecule has 1 atom stereocenters. The molecule has 2 aromatic heterocycles. The van der Waals surface area contributed by atoms with Crippen LogP contribution in [-0.2, 0) is 11.3 Å². The Labute approximate surface area is 158 Å². The topological polar surface area (TPSA) is 75.9 Å². The molecule has 0 radical (unpaired) electrons. The number of benzene rings is 1. The third-order valence-corrected chi connectivity index (χ3v) is 5.02. The summed E-state index contributed by atoms with van der Waals surface area (Å²) in [6, 6.07) is 11.5. The summed E-state index contributed by atoms with van der Waals surface area (Å²) in [4.78, 5) is 19.3. The highest BCUT2D eigenvalue weighted by molar-refractivity contribution is 5.83. The lowest BCUT2D eigenvalue weighted by atomic mass is 10.1. The lowest BCUT2D eigenvalue weighted by Gasteiger charge is -2.26. The average molecular weight is 364 g/mol. The fourth-order valence-electron chi connectivity index (χ4n) is 3.69. The summed E-state index contributed by atoms with van der Waals surface area (Å²) >= 11 is 0. The molecule has 1 aromatic carbocycles. The van der Waals surface area contributed by atoms with Crippen molar-refractivity contribution in [1.29, 1.82) is 0 Å². The molecule has 7 heteroatoms. The maximum absolute atomic E-state index is 12.9. The lowest BCUT2D eigenvalue weighted by molar-refractivity contribution is -0.126. The van der Waals surface area contributed by atoms with Crippen molar-refractivity contribution in [2.24, 2.45) is 0 Å². The van der Waals surface area contributed by atoms with Crippen LogP contribution in [0, 0.1) is 0 Å². The molecule has 7 nitrogen and oxygen atoms in total. The van der Waals surface area contributed by atoms with Crippen LogP contribution in [0.3, 0.4) is 0 Å². The minimum absolute atomic E-state index is 0.0494. The quantitative estimate of drug-likeness (QED) is 0.650. The monoisotopic (exact) mass is 364 g/mol. The van der Waals surface area contributed by atoms with Crippen molar-refractivity contribution < 1.29 is 4.79 Å². The van der Waals surface area contributed by atoms with Gasteiger partial charge in [-0.05, 0) is 56.1 Å². The Bertz CT molecular complexity index is 888. The second-order valence-electron chi connectivity index (χ2n) is 6.88. The Morgan fingerprint density at radius 3 is 2.81 bits per heavy atom. The fraction of sp³-hybridized carbons (Fsp3) is 0.400. The number of aryl methyl sites for hydroxylation is 1. The van der Waals surface area contributed by atoms with Gasteiger partial charge in [-0.2, -0.15) is 0 Å². The molecule has 4 rings (SSSR count). The molecule has 140 valence electrons. The van der Waals surface area contributed by atoms with E-state index in [1.807, 2.05) is 41.1 Å². The highest BCUT2D eigenvalue weighted by atomic mass is 16.2. The summed E-state index contributed by atoms with van der Waals surface area (Å²) in [6.07, 6.45) is 6.63. The summed E-state index contributed by atoms with van der Waals surface area (Å²) < 4.78 is 1.89. The van der Waals surface area contributed by atoms with Gasteiger partial charge < -0.3 is 5.32 Å². The van der Waals surface area contributed by atoms with Crippen LogP contribution >= 0.6 is 0 Å². The van der Waals surface area contributed by atoms with E-state index in [1.54, 1.807) is 12.4 Å². The second kappa shape index (κ2) is 8.26. The number of carbonyl (C=O) groups excluding carboxylic acids is 1. The van der Waals surface area contributed by atoms with Gasteiger partial charge in [-0.15, -0.1) is 5.10 Å². The van der Waals surface area contributed by atoms with Gasteiger partial charge in [0.05, 0.1) is 5.52 Å². The molecular formula is C20H24N6O. The smallest absolute Gasteiger partial charge is 0.242 e. The standard InChI is InChI=1S/C20H24N6O/c27-20(19(25-12-3-4-13-25)16-7-5-10-21-15-16)22-11-6-14-26-18-9-2-1-8-17(18)23-24-26/h1-2,5,7-10,15,19H,3-4,6,11-14H2,(H,22,27). The van der Waals surface area contributed by atoms with Gasteiger partial charge in [0.15, 0.2) is 0 Å². The molecule has 0 aliphatic carbocycles. The van der Waals surface area contributed by atoms with E-state index in [-0.39, 0.29) is 11.9 Å². The highest BCUT2D eigenvalue weighted by Gasteiger charge is 2.29. The van der Waals surface area contributed by atoms with Crippen LogP contribution in [0.5, 0.6) is 0 Å². The predicted molar refractivity (Wildman–Crippen MR) is 103 cm³/mol. The zero-order valence-electron chi connectivity index (χ0n) is 15.3. The largest absolute Gasteiger partial charge is 0.354 e. The molecule has 0 spiro atoms. The molecule has 1 aliphatic heterocycles. The molecule has 1 aliphatic rings. The van der Waals surface area contributed by atoms with Crippen molar-refractivity contribution >= 4 is 16.9 Å². The van der Waals surface area contributed by atoms with Crippen molar-refractivity contribution in [3.05, 3.63) is 54.4 Å². The van der Waals surface area contributed by atoms with E-state index in [2.05, 4.69) is 25.5 Å². The van der Waals surface area contributed by atoms with Gasteiger partial charge in [0.25, 0.3) is 0 Å². The molecule has 1 N–H and O–H groups in total. The van der Waals surface area contributed by atoms with Crippen molar-refractivity contribution in [2.75, 3.05) is 19.6 Å². The third kappa shape index (κ3) is 3.98. The lowest BCUT2D eigenvalue weighted by Crippen LogP contribution is -2.39. The zero-order valence-corrected chi connectivity index (χ0v) is 15.3. The number of para-hydroxylation sites is 1. The number of nitrogens with one attached hydrogen (secondary N) is 1. The van der Waals surface area contributed by atoms with Gasteiger partial charge in [-0.1, -0.05) is 23.4 Å². The molecular weight excluding hydrogens is 340 g/mol. The van der Waals surface area contributed by atoms with Gasteiger partial charge >= 0.3 is 0 Å². The van der Waals surface area contributed by atoms with Crippen molar-refractivity contribution in [2.45, 2.75) is 31.8 Å². The maximum Gasteiger partial charge on any atom is 0.242 e. The van der Waals surface area contributed by atoms with Gasteiger partial charge in [0, 0.05) is 25.5 Å². The maximum atomic E-state index is 12.9. The SMILES string of the molecule is O=C(NCCCn1nnc2ccccc21)C(c1cccnc1)N1CCCC1. The number of pyridine rings is 1. The van der Waals surface area contributed by atoms with E-state index in [0.717, 1.165) is 55.5 Å². The first-order valence-electron chi connectivity index (χ1n) is 9.53. The van der Waals surface area contributed by atoms with E-state index < -0.39 is 0 Å². The van der Waals surface area contributed by atoms with Crippen molar-refractivity contribution in [1.82, 2.24) is 30.2 Å². The number of rotatable bonds is 7. The van der Waals surface area contributed by atoms with Crippen LogP contribution < -0.4 is 5.32 Å². The predicted octanol–water partition coefficient (Wildman–Crippen LogP) is 2.17. The van der Waals surface area contributed by atoms with Gasteiger partial charge in [0.2, 0.25) is 5.91 Å². The molecule has 3 heterocycles. The first-order chi connectivity index (χ1) is 13.3. The minimum atomic E-state index is -0.256. The molecule has 0 bridgehead atoms. The Balaban J connectivity index is 1.35. The van der Waals surface area contributed by atoms with E-state index in [4.69, 9.17) is 0 Å². The highest BCUT2D eigenvalue weighted by Crippen LogP contribution is 2.24. The molecule has 1 fully saturated rings. The van der Waals surface area contributed by atoms with E-state index in [9.17, 15) is 4.79 Å². The number of likely N-dealkylation sites (tertiary alicyclic amines) is 1. The first-order valence-corrected chi connectivity index (χ1v) is 9.53. The van der Waals surface area contributed by atoms with E-state index in [0.29, 0.717) is 6.54 Å². The zero-order chi connectivity index (χ0) is 18.5. The van der Waals surface area contributed by atoms with Crippen LogP contribution in [0.2, 0.25) is 0 Å². The summed E-state index contributed by atoms with van der Waals surface area (Å²) in [5.41, 5.74) is 2.88. The number of amides is 1. The number of fused-ring (bicyclic) bond motifs is 1. The number of carbonyl (C=O) groups is 1. The van der Waals surface area contributed by atoms with E-state index in [1.165, 1.54) is 0 Å². The normalized spacial score (nSPS) is 15.9. The summed E-state index contributed by atoms with van der Waals surface area (Å²) in [5, 5.41) is 11.5. The van der Waals surface area contributed by atoms with E-state index >= 15 is 0 Å². The van der Waals surface area contributed by atoms with Crippen molar-refractivity contribution in [3.63, 3.8) is 0 Å². The van der Waals surface area contributed by atoms with Crippen LogP contribution in [0.25, 0.3) is 11.0 Å². The Hall–Kier alpha value is -2.80. The van der Waals surface area contributed by atoms with Crippen LogP contribution in [-0.4, -0.2) is 50.4 Å². The van der Waals surface area contributed by atoms with Gasteiger partial charge in [0.1, 0.15) is 11.6 Å². The minimum Gasteiger partial charge on any atom is -0.354 e. The molecule has 1 amide bonds. The fourth-order valence-corrected chi connectivity index (χ4v) is 3.69. The Morgan fingerprint density at radius 1 is 1.15 bits per heavy atom. The van der Waals surface area contributed by atoms with Crippen LogP contribution in [0.4, 0.5) is 0 Å². The third-order valence-electron chi connectivity index (χ3n) is 5.02. The molecule has 1 unspecified atom stereocenters. The van der Waals surface area contributed by atoms with Gasteiger partial charge in [-0.3, -0.25) is 14.7 Å². The Morgan fingerprint density at radius 2 is 2.00 bits per heavy atom. The second-order valence-corrected chi connectivity index (χ2v) is 6.88. The summed E-state index contributed by atoms with van der Waals surface area (Å²) in [5.74, 6) is 0.0494. The first kappa shape index (κ1) is 17.6.